The van der Waals surface area contributed by atoms with Crippen LogP contribution < -0.4 is 0 Å². The molecule has 2 aromatic rings. The summed E-state index contributed by atoms with van der Waals surface area (Å²) in [6.45, 7) is 1.09. The van der Waals surface area contributed by atoms with E-state index in [1.807, 2.05) is 36.4 Å². The number of Topliss-reactive ketones (excluding diaryl/α,β-unsaturated/α-hetero) is 1. The number of benzene rings is 2. The first-order chi connectivity index (χ1) is 11.0. The molecule has 0 heterocycles. The summed E-state index contributed by atoms with van der Waals surface area (Å²) in [6, 6.07) is 15.7. The van der Waals surface area contributed by atoms with Gasteiger partial charge in [-0.05, 0) is 63.2 Å². The van der Waals surface area contributed by atoms with Crippen molar-refractivity contribution >= 4 is 17.4 Å². The number of halogens is 1. The summed E-state index contributed by atoms with van der Waals surface area (Å²) in [4.78, 5) is 14.5. The van der Waals surface area contributed by atoms with E-state index in [1.54, 1.807) is 0 Å². The van der Waals surface area contributed by atoms with Gasteiger partial charge in [-0.2, -0.15) is 0 Å². The maximum absolute atomic E-state index is 12.3. The fourth-order valence-corrected chi connectivity index (χ4v) is 2.64. The Morgan fingerprint density at radius 1 is 0.913 bits per heavy atom. The van der Waals surface area contributed by atoms with Crippen LogP contribution in [0.4, 0.5) is 0 Å². The zero-order valence-electron chi connectivity index (χ0n) is 13.9. The molecule has 0 amide bonds. The van der Waals surface area contributed by atoms with Gasteiger partial charge in [0.1, 0.15) is 0 Å². The van der Waals surface area contributed by atoms with Crippen molar-refractivity contribution in [1.82, 2.24) is 4.90 Å². The van der Waals surface area contributed by atoms with E-state index >= 15 is 0 Å². The van der Waals surface area contributed by atoms with Gasteiger partial charge in [0.25, 0.3) is 0 Å². The van der Waals surface area contributed by atoms with Crippen LogP contribution in [0.1, 0.15) is 34.3 Å². The number of ketones is 1. The van der Waals surface area contributed by atoms with Crippen molar-refractivity contribution in [2.24, 2.45) is 0 Å². The zero-order valence-corrected chi connectivity index (χ0v) is 14.6. The number of nitrogens with zero attached hydrogens (tertiary/aromatic N) is 1. The average Bonchev–Trinajstić information content (AvgIpc) is 2.54. The summed E-state index contributed by atoms with van der Waals surface area (Å²) in [6.07, 6.45) is 3.47. The molecular formula is C20H24ClNO. The number of hydrogen-bond donors (Lipinski definition) is 0. The molecule has 0 saturated carbocycles. The van der Waals surface area contributed by atoms with Crippen molar-refractivity contribution < 1.29 is 4.79 Å². The van der Waals surface area contributed by atoms with Crippen LogP contribution in [-0.2, 0) is 12.8 Å². The van der Waals surface area contributed by atoms with Gasteiger partial charge in [0, 0.05) is 17.0 Å². The van der Waals surface area contributed by atoms with Gasteiger partial charge < -0.3 is 4.90 Å². The molecule has 0 aliphatic heterocycles. The van der Waals surface area contributed by atoms with Crippen molar-refractivity contribution in [3.05, 3.63) is 70.2 Å². The Kier molecular flexibility index (Phi) is 6.82. The van der Waals surface area contributed by atoms with Gasteiger partial charge in [0.05, 0.1) is 0 Å². The Hall–Kier alpha value is -1.64. The Morgan fingerprint density at radius 2 is 1.48 bits per heavy atom. The fraction of sp³-hybridized carbons (Fsp3) is 0.350. The van der Waals surface area contributed by atoms with Gasteiger partial charge in [-0.25, -0.2) is 0 Å². The first-order valence-corrected chi connectivity index (χ1v) is 8.44. The molecule has 0 unspecified atom stereocenters. The van der Waals surface area contributed by atoms with Gasteiger partial charge in [0.2, 0.25) is 0 Å². The lowest BCUT2D eigenvalue weighted by Gasteiger charge is -2.09. The third-order valence-corrected chi connectivity index (χ3v) is 4.15. The van der Waals surface area contributed by atoms with Crippen LogP contribution in [0.25, 0.3) is 0 Å². The highest BCUT2D eigenvalue weighted by Gasteiger charge is 2.06. The van der Waals surface area contributed by atoms with E-state index in [4.69, 9.17) is 11.6 Å². The zero-order chi connectivity index (χ0) is 16.7. The predicted octanol–water partition coefficient (Wildman–Crippen LogP) is 4.65. The minimum absolute atomic E-state index is 0.194. The highest BCUT2D eigenvalue weighted by Crippen LogP contribution is 2.14. The quantitative estimate of drug-likeness (QED) is 0.657. The molecule has 0 radical (unpaired) electrons. The van der Waals surface area contributed by atoms with Crippen LogP contribution in [0, 0.1) is 0 Å². The second-order valence-electron chi connectivity index (χ2n) is 6.15. The number of aryl methyl sites for hydroxylation is 2. The minimum Gasteiger partial charge on any atom is -0.309 e. The van der Waals surface area contributed by atoms with Crippen LogP contribution in [0.3, 0.4) is 0 Å². The molecule has 2 nitrogen and oxygen atoms in total. The summed E-state index contributed by atoms with van der Waals surface area (Å²) in [5.74, 6) is 0.194. The van der Waals surface area contributed by atoms with Crippen molar-refractivity contribution in [2.75, 3.05) is 20.6 Å². The smallest absolute Gasteiger partial charge is 0.163 e. The Labute approximate surface area is 144 Å². The molecule has 0 bridgehead atoms. The van der Waals surface area contributed by atoms with Gasteiger partial charge in [-0.3, -0.25) is 4.79 Å². The van der Waals surface area contributed by atoms with Crippen molar-refractivity contribution in [1.29, 1.82) is 0 Å². The van der Waals surface area contributed by atoms with E-state index in [1.165, 1.54) is 5.56 Å². The maximum Gasteiger partial charge on any atom is 0.163 e. The molecule has 3 heteroatoms. The summed E-state index contributed by atoms with van der Waals surface area (Å²) in [7, 11) is 4.17. The topological polar surface area (TPSA) is 20.3 Å². The molecule has 0 N–H and O–H groups in total. The Balaban J connectivity index is 1.83. The van der Waals surface area contributed by atoms with Crippen molar-refractivity contribution in [3.8, 4) is 0 Å². The lowest BCUT2D eigenvalue weighted by Crippen LogP contribution is -2.13. The summed E-state index contributed by atoms with van der Waals surface area (Å²) in [5.41, 5.74) is 3.24. The molecule has 2 rings (SSSR count). The third-order valence-electron chi connectivity index (χ3n) is 3.90. The van der Waals surface area contributed by atoms with E-state index in [9.17, 15) is 4.79 Å². The largest absolute Gasteiger partial charge is 0.309 e. The molecule has 122 valence electrons. The van der Waals surface area contributed by atoms with E-state index < -0.39 is 0 Å². The van der Waals surface area contributed by atoms with Crippen LogP contribution in [-0.4, -0.2) is 31.3 Å². The number of rotatable bonds is 8. The monoisotopic (exact) mass is 329 g/mol. The average molecular weight is 330 g/mol. The highest BCUT2D eigenvalue weighted by atomic mass is 35.5. The highest BCUT2D eigenvalue weighted by molar-refractivity contribution is 6.30. The normalized spacial score (nSPS) is 11.0. The summed E-state index contributed by atoms with van der Waals surface area (Å²) < 4.78 is 0. The first kappa shape index (κ1) is 17.7. The number of carbonyl (C=O) groups is 1. The van der Waals surface area contributed by atoms with Crippen LogP contribution in [0.5, 0.6) is 0 Å². The first-order valence-electron chi connectivity index (χ1n) is 8.06. The second-order valence-corrected chi connectivity index (χ2v) is 6.59. The maximum atomic E-state index is 12.3. The van der Waals surface area contributed by atoms with E-state index in [0.29, 0.717) is 6.42 Å². The standard InChI is InChI=1S/C20H24ClNO/c1-22(2)15-3-4-16-5-10-18(11-6-16)20(23)14-9-17-7-12-19(21)13-8-17/h5-8,10-13H,3-4,9,14-15H2,1-2H3. The minimum atomic E-state index is 0.194. The van der Waals surface area contributed by atoms with Crippen LogP contribution in [0.2, 0.25) is 5.02 Å². The molecule has 0 spiro atoms. The number of carbonyl (C=O) groups excluding carboxylic acids is 1. The fourth-order valence-electron chi connectivity index (χ4n) is 2.51. The third kappa shape index (κ3) is 6.17. The molecule has 0 aliphatic carbocycles. The van der Waals surface area contributed by atoms with E-state index in [0.717, 1.165) is 42.0 Å². The van der Waals surface area contributed by atoms with Gasteiger partial charge >= 0.3 is 0 Å². The van der Waals surface area contributed by atoms with Crippen molar-refractivity contribution in [3.63, 3.8) is 0 Å². The van der Waals surface area contributed by atoms with Gasteiger partial charge in [0.15, 0.2) is 5.78 Å². The van der Waals surface area contributed by atoms with Crippen LogP contribution >= 0.6 is 11.6 Å². The molecule has 0 fully saturated rings. The Morgan fingerprint density at radius 3 is 2.09 bits per heavy atom. The second kappa shape index (κ2) is 8.85. The SMILES string of the molecule is CN(C)CCCc1ccc(C(=O)CCc2ccc(Cl)cc2)cc1. The van der Waals surface area contributed by atoms with Crippen LogP contribution in [0.15, 0.2) is 48.5 Å². The van der Waals surface area contributed by atoms with E-state index in [-0.39, 0.29) is 5.78 Å². The summed E-state index contributed by atoms with van der Waals surface area (Å²) >= 11 is 5.87. The van der Waals surface area contributed by atoms with Crippen molar-refractivity contribution in [2.45, 2.75) is 25.7 Å². The van der Waals surface area contributed by atoms with E-state index in [2.05, 4.69) is 31.1 Å². The van der Waals surface area contributed by atoms with Gasteiger partial charge in [-0.1, -0.05) is 48.0 Å². The molecule has 23 heavy (non-hydrogen) atoms. The number of hydrogen-bond acceptors (Lipinski definition) is 2. The van der Waals surface area contributed by atoms with Gasteiger partial charge in [-0.15, -0.1) is 0 Å². The molecule has 0 aliphatic rings. The molecule has 0 aromatic heterocycles. The summed E-state index contributed by atoms with van der Waals surface area (Å²) in [5, 5.41) is 0.727. The molecule has 0 atom stereocenters. The lowest BCUT2D eigenvalue weighted by molar-refractivity contribution is 0.0983. The lowest BCUT2D eigenvalue weighted by atomic mass is 10.0. The Bertz CT molecular complexity index is 617. The molecule has 2 aromatic carbocycles. The molecule has 0 saturated heterocycles. The molecular weight excluding hydrogens is 306 g/mol. The predicted molar refractivity (Wildman–Crippen MR) is 97.4 cm³/mol.